The zero-order valence-corrected chi connectivity index (χ0v) is 16.7. The van der Waals surface area contributed by atoms with E-state index < -0.39 is 25.7 Å². The third-order valence-corrected chi connectivity index (χ3v) is 7.74. The Balaban J connectivity index is 1.76. The molecule has 2 aromatic carbocycles. The molecule has 0 spiro atoms. The van der Waals surface area contributed by atoms with E-state index in [1.807, 2.05) is 0 Å². The number of hydrogen-bond donors (Lipinski definition) is 1. The summed E-state index contributed by atoms with van der Waals surface area (Å²) in [7, 11) is -8.20. The molecule has 0 fully saturated rings. The van der Waals surface area contributed by atoms with Gasteiger partial charge in [0.25, 0.3) is 0 Å². The summed E-state index contributed by atoms with van der Waals surface area (Å²) in [5.74, 6) is -0.760. The number of pyridine rings is 1. The van der Waals surface area contributed by atoms with Gasteiger partial charge in [-0.1, -0.05) is 6.07 Å². The molecular formula is C19H15FN2O5S2. The highest BCUT2D eigenvalue weighted by molar-refractivity contribution is 7.92. The van der Waals surface area contributed by atoms with Crippen LogP contribution in [-0.4, -0.2) is 21.8 Å². The molecule has 3 aromatic rings. The number of sulfone groups is 1. The zero-order valence-electron chi connectivity index (χ0n) is 15.1. The number of aryl methyl sites for hydroxylation is 1. The second kappa shape index (κ2) is 6.90. The number of nitrogens with one attached hydrogen (secondary N) is 1. The molecule has 0 aliphatic carbocycles. The first-order valence-corrected chi connectivity index (χ1v) is 11.4. The Morgan fingerprint density at radius 3 is 2.55 bits per heavy atom. The van der Waals surface area contributed by atoms with Crippen molar-refractivity contribution < 1.29 is 26.0 Å². The summed E-state index contributed by atoms with van der Waals surface area (Å²) in [4.78, 5) is 3.15. The van der Waals surface area contributed by atoms with Crippen LogP contribution in [0.15, 0.2) is 69.4 Å². The Hall–Kier alpha value is -2.82. The van der Waals surface area contributed by atoms with Gasteiger partial charge < -0.3 is 4.74 Å². The molecule has 7 nitrogen and oxygen atoms in total. The molecule has 0 unspecified atom stereocenters. The van der Waals surface area contributed by atoms with Gasteiger partial charge in [0.05, 0.1) is 17.1 Å². The van der Waals surface area contributed by atoms with Crippen LogP contribution < -0.4 is 9.46 Å². The zero-order chi connectivity index (χ0) is 20.8. The lowest BCUT2D eigenvalue weighted by Gasteiger charge is -2.22. The fraction of sp³-hybridized carbons (Fsp3) is 0.105. The molecule has 1 aromatic heterocycles. The highest BCUT2D eigenvalue weighted by Gasteiger charge is 2.34. The van der Waals surface area contributed by atoms with Crippen LogP contribution in [-0.2, 0) is 26.4 Å². The number of nitrogens with zero attached hydrogens (tertiary/aromatic N) is 1. The van der Waals surface area contributed by atoms with Crippen molar-refractivity contribution >= 4 is 19.9 Å². The van der Waals surface area contributed by atoms with Crippen LogP contribution in [0.5, 0.6) is 11.5 Å². The van der Waals surface area contributed by atoms with E-state index in [1.165, 1.54) is 25.3 Å². The van der Waals surface area contributed by atoms with Crippen molar-refractivity contribution in [2.24, 2.45) is 0 Å². The summed E-state index contributed by atoms with van der Waals surface area (Å²) >= 11 is 0. The standard InChI is InChI=1S/C19H15FN2O5S2/c1-12-8-16-19(28(23,24)18-9-13(20)5-6-15(18)27-16)10-17(12)29(25,26)22-11-14-4-2-3-7-21-14/h2-10,22H,11H2,1H3. The van der Waals surface area contributed by atoms with Gasteiger partial charge >= 0.3 is 0 Å². The number of aromatic nitrogens is 1. The van der Waals surface area contributed by atoms with Crippen molar-refractivity contribution in [1.29, 1.82) is 0 Å². The normalized spacial score (nSPS) is 14.6. The van der Waals surface area contributed by atoms with Gasteiger partial charge in [-0.25, -0.2) is 25.9 Å². The van der Waals surface area contributed by atoms with E-state index in [0.717, 1.165) is 18.2 Å². The molecule has 4 rings (SSSR count). The van der Waals surface area contributed by atoms with Crippen LogP contribution in [0.4, 0.5) is 4.39 Å². The van der Waals surface area contributed by atoms with E-state index >= 15 is 0 Å². The molecule has 150 valence electrons. The quantitative estimate of drug-likeness (QED) is 0.530. The Labute approximate surface area is 167 Å². The van der Waals surface area contributed by atoms with Crippen LogP contribution in [0.2, 0.25) is 0 Å². The van der Waals surface area contributed by atoms with E-state index in [9.17, 15) is 21.2 Å². The minimum atomic E-state index is -4.16. The molecule has 0 saturated carbocycles. The lowest BCUT2D eigenvalue weighted by atomic mass is 10.2. The third-order valence-electron chi connectivity index (χ3n) is 4.40. The number of hydrogen-bond acceptors (Lipinski definition) is 6. The Morgan fingerprint density at radius 1 is 1.07 bits per heavy atom. The van der Waals surface area contributed by atoms with Gasteiger partial charge in [0, 0.05) is 6.20 Å². The Kier molecular flexibility index (Phi) is 4.64. The maximum absolute atomic E-state index is 13.6. The van der Waals surface area contributed by atoms with Gasteiger partial charge in [-0.05, 0) is 55.0 Å². The smallest absolute Gasteiger partial charge is 0.241 e. The number of benzene rings is 2. The summed E-state index contributed by atoms with van der Waals surface area (Å²) in [6.07, 6.45) is 1.54. The highest BCUT2D eigenvalue weighted by Crippen LogP contribution is 2.44. The van der Waals surface area contributed by atoms with E-state index in [2.05, 4.69) is 9.71 Å². The van der Waals surface area contributed by atoms with Crippen molar-refractivity contribution in [3.8, 4) is 11.5 Å². The fourth-order valence-corrected chi connectivity index (χ4v) is 5.83. The van der Waals surface area contributed by atoms with Crippen LogP contribution in [0.25, 0.3) is 0 Å². The SMILES string of the molecule is Cc1cc2c(cc1S(=O)(=O)NCc1ccccn1)S(=O)(=O)c1cc(F)ccc1O2. The van der Waals surface area contributed by atoms with Crippen molar-refractivity contribution in [3.05, 3.63) is 71.8 Å². The number of fused-ring (bicyclic) bond motifs is 2. The second-order valence-corrected chi connectivity index (χ2v) is 10.0. The van der Waals surface area contributed by atoms with Gasteiger partial charge in [-0.2, -0.15) is 0 Å². The molecule has 1 aliphatic rings. The minimum absolute atomic E-state index is 0.00900. The summed E-state index contributed by atoms with van der Waals surface area (Å²) < 4.78 is 73.0. The summed E-state index contributed by atoms with van der Waals surface area (Å²) in [5.41, 5.74) is 0.810. The van der Waals surface area contributed by atoms with Gasteiger partial charge in [0.15, 0.2) is 0 Å². The molecule has 0 saturated heterocycles. The van der Waals surface area contributed by atoms with Crippen molar-refractivity contribution in [3.63, 3.8) is 0 Å². The molecule has 0 radical (unpaired) electrons. The van der Waals surface area contributed by atoms with E-state index in [-0.39, 0.29) is 32.7 Å². The van der Waals surface area contributed by atoms with Crippen molar-refractivity contribution in [1.82, 2.24) is 9.71 Å². The minimum Gasteiger partial charge on any atom is -0.455 e. The monoisotopic (exact) mass is 434 g/mol. The van der Waals surface area contributed by atoms with Gasteiger partial charge in [-0.3, -0.25) is 4.98 Å². The first kappa shape index (κ1) is 19.5. The molecule has 0 amide bonds. The number of halogens is 1. The predicted molar refractivity (Wildman–Crippen MR) is 101 cm³/mol. The Morgan fingerprint density at radius 2 is 1.83 bits per heavy atom. The van der Waals surface area contributed by atoms with E-state index in [4.69, 9.17) is 4.74 Å². The second-order valence-electron chi connectivity index (χ2n) is 6.41. The molecule has 0 atom stereocenters. The molecule has 10 heteroatoms. The first-order chi connectivity index (χ1) is 13.7. The first-order valence-electron chi connectivity index (χ1n) is 8.45. The van der Waals surface area contributed by atoms with Crippen molar-refractivity contribution in [2.45, 2.75) is 28.2 Å². The maximum atomic E-state index is 13.6. The average Bonchev–Trinajstić information content (AvgIpc) is 2.67. The molecule has 0 bridgehead atoms. The molecule has 2 heterocycles. The lowest BCUT2D eigenvalue weighted by molar-refractivity contribution is 0.438. The predicted octanol–water partition coefficient (Wildman–Crippen LogP) is 2.95. The lowest BCUT2D eigenvalue weighted by Crippen LogP contribution is -2.25. The topological polar surface area (TPSA) is 102 Å². The van der Waals surface area contributed by atoms with E-state index in [0.29, 0.717) is 11.3 Å². The van der Waals surface area contributed by atoms with Crippen LogP contribution in [0.3, 0.4) is 0 Å². The summed E-state index contributed by atoms with van der Waals surface area (Å²) in [6, 6.07) is 10.6. The fourth-order valence-electron chi connectivity index (χ4n) is 2.98. The molecule has 1 N–H and O–H groups in total. The third kappa shape index (κ3) is 3.50. The van der Waals surface area contributed by atoms with Gasteiger partial charge in [0.1, 0.15) is 27.1 Å². The molecule has 29 heavy (non-hydrogen) atoms. The highest BCUT2D eigenvalue weighted by atomic mass is 32.2. The van der Waals surface area contributed by atoms with Crippen LogP contribution >= 0.6 is 0 Å². The largest absolute Gasteiger partial charge is 0.455 e. The average molecular weight is 434 g/mol. The maximum Gasteiger partial charge on any atom is 0.241 e. The van der Waals surface area contributed by atoms with Crippen LogP contribution in [0.1, 0.15) is 11.3 Å². The number of sulfonamides is 1. The molecular weight excluding hydrogens is 419 g/mol. The van der Waals surface area contributed by atoms with Gasteiger partial charge in [-0.15, -0.1) is 0 Å². The van der Waals surface area contributed by atoms with E-state index in [1.54, 1.807) is 18.2 Å². The Bertz CT molecular complexity index is 1320. The summed E-state index contributed by atoms with van der Waals surface area (Å²) in [5, 5.41) is 0. The summed E-state index contributed by atoms with van der Waals surface area (Å²) in [6.45, 7) is 1.47. The number of ether oxygens (including phenoxy) is 1. The van der Waals surface area contributed by atoms with Crippen molar-refractivity contribution in [2.75, 3.05) is 0 Å². The van der Waals surface area contributed by atoms with Gasteiger partial charge in [0.2, 0.25) is 19.9 Å². The van der Waals surface area contributed by atoms with Crippen LogP contribution in [0, 0.1) is 12.7 Å². The number of rotatable bonds is 4. The molecule has 1 aliphatic heterocycles.